The van der Waals surface area contributed by atoms with E-state index < -0.39 is 11.8 Å². The summed E-state index contributed by atoms with van der Waals surface area (Å²) in [6.07, 6.45) is 2.85. The number of aromatic nitrogens is 2. The van der Waals surface area contributed by atoms with Gasteiger partial charge in [0.25, 0.3) is 0 Å². The smallest absolute Gasteiger partial charge is 0.341 e. The number of nitrogens with zero attached hydrogens (tertiary/aromatic N) is 2. The minimum Gasteiger partial charge on any atom is -0.462 e. The van der Waals surface area contributed by atoms with Crippen molar-refractivity contribution in [3.05, 3.63) is 40.4 Å². The maximum atomic E-state index is 13.3. The van der Waals surface area contributed by atoms with Gasteiger partial charge in [-0.1, -0.05) is 0 Å². The van der Waals surface area contributed by atoms with E-state index in [-0.39, 0.29) is 16.8 Å². The van der Waals surface area contributed by atoms with Gasteiger partial charge in [0.1, 0.15) is 5.82 Å². The molecule has 0 fully saturated rings. The first kappa shape index (κ1) is 13.5. The molecule has 0 amide bonds. The molecule has 0 unspecified atom stereocenters. The topological polar surface area (TPSA) is 70.1 Å². The Bertz CT molecular complexity index is 627. The SMILES string of the molecule is CCOC(=O)c1cnn(-c2cc(Br)c(F)cc2N)c1. The van der Waals surface area contributed by atoms with Gasteiger partial charge in [0, 0.05) is 12.3 Å². The molecule has 1 aromatic heterocycles. The highest BCUT2D eigenvalue weighted by Gasteiger charge is 2.13. The average molecular weight is 328 g/mol. The standard InChI is InChI=1S/C12H11BrFN3O2/c1-2-19-12(18)7-5-16-17(6-7)11-3-8(13)9(14)4-10(11)15/h3-6H,2,15H2,1H3. The van der Waals surface area contributed by atoms with Crippen molar-refractivity contribution in [3.63, 3.8) is 0 Å². The number of anilines is 1. The lowest BCUT2D eigenvalue weighted by Gasteiger charge is -2.06. The predicted octanol–water partition coefficient (Wildman–Crippen LogP) is 2.53. The number of rotatable bonds is 3. The zero-order valence-electron chi connectivity index (χ0n) is 10.1. The molecule has 0 aliphatic heterocycles. The molecule has 0 saturated heterocycles. The number of nitrogen functional groups attached to an aromatic ring is 1. The molecule has 0 saturated carbocycles. The van der Waals surface area contributed by atoms with E-state index in [4.69, 9.17) is 10.5 Å². The van der Waals surface area contributed by atoms with Gasteiger partial charge in [-0.15, -0.1) is 0 Å². The highest BCUT2D eigenvalue weighted by atomic mass is 79.9. The van der Waals surface area contributed by atoms with Crippen LogP contribution in [0.15, 0.2) is 29.0 Å². The van der Waals surface area contributed by atoms with Crippen molar-refractivity contribution in [2.24, 2.45) is 0 Å². The van der Waals surface area contributed by atoms with Crippen LogP contribution in [0, 0.1) is 5.82 Å². The lowest BCUT2D eigenvalue weighted by molar-refractivity contribution is 0.0526. The molecule has 0 spiro atoms. The van der Waals surface area contributed by atoms with E-state index in [9.17, 15) is 9.18 Å². The summed E-state index contributed by atoms with van der Waals surface area (Å²) in [5.74, 6) is -0.924. The lowest BCUT2D eigenvalue weighted by atomic mass is 10.2. The second kappa shape index (κ2) is 5.40. The fourth-order valence-electron chi connectivity index (χ4n) is 1.52. The third-order valence-electron chi connectivity index (χ3n) is 2.41. The Morgan fingerprint density at radius 2 is 2.32 bits per heavy atom. The summed E-state index contributed by atoms with van der Waals surface area (Å²) >= 11 is 3.07. The molecule has 0 radical (unpaired) electrons. The number of hydrogen-bond donors (Lipinski definition) is 1. The van der Waals surface area contributed by atoms with Gasteiger partial charge in [0.05, 0.1) is 34.2 Å². The number of benzene rings is 1. The van der Waals surface area contributed by atoms with E-state index in [0.29, 0.717) is 11.3 Å². The van der Waals surface area contributed by atoms with Crippen molar-refractivity contribution in [2.75, 3.05) is 12.3 Å². The zero-order valence-corrected chi connectivity index (χ0v) is 11.6. The van der Waals surface area contributed by atoms with Crippen LogP contribution in [-0.2, 0) is 4.74 Å². The average Bonchev–Trinajstić information content (AvgIpc) is 2.83. The van der Waals surface area contributed by atoms with Gasteiger partial charge in [0.2, 0.25) is 0 Å². The Hall–Kier alpha value is -1.89. The minimum atomic E-state index is -0.464. The fraction of sp³-hybridized carbons (Fsp3) is 0.167. The number of halogens is 2. The molecule has 0 atom stereocenters. The summed E-state index contributed by atoms with van der Waals surface area (Å²) in [6, 6.07) is 2.68. The van der Waals surface area contributed by atoms with Gasteiger partial charge < -0.3 is 10.5 Å². The maximum absolute atomic E-state index is 13.3. The molecule has 2 N–H and O–H groups in total. The normalized spacial score (nSPS) is 10.5. The van der Waals surface area contributed by atoms with E-state index in [1.54, 1.807) is 6.92 Å². The van der Waals surface area contributed by atoms with Crippen LogP contribution >= 0.6 is 15.9 Å². The predicted molar refractivity (Wildman–Crippen MR) is 71.6 cm³/mol. The van der Waals surface area contributed by atoms with Crippen LogP contribution in [-0.4, -0.2) is 22.4 Å². The van der Waals surface area contributed by atoms with Crippen LogP contribution in [0.25, 0.3) is 5.69 Å². The van der Waals surface area contributed by atoms with Crippen LogP contribution in [0.4, 0.5) is 10.1 Å². The van der Waals surface area contributed by atoms with Crippen LogP contribution < -0.4 is 5.73 Å². The Morgan fingerprint density at radius 1 is 1.58 bits per heavy atom. The number of nitrogens with two attached hydrogens (primary N) is 1. The molecular weight excluding hydrogens is 317 g/mol. The van der Waals surface area contributed by atoms with Crippen LogP contribution in [0.2, 0.25) is 0 Å². The first-order valence-electron chi connectivity index (χ1n) is 5.49. The van der Waals surface area contributed by atoms with Crippen LogP contribution in [0.5, 0.6) is 0 Å². The van der Waals surface area contributed by atoms with Crippen molar-refractivity contribution in [2.45, 2.75) is 6.92 Å². The summed E-state index contributed by atoms with van der Waals surface area (Å²) in [5, 5.41) is 4.01. The maximum Gasteiger partial charge on any atom is 0.341 e. The number of esters is 1. The van der Waals surface area contributed by atoms with Gasteiger partial charge >= 0.3 is 5.97 Å². The molecule has 5 nitrogen and oxygen atoms in total. The van der Waals surface area contributed by atoms with Gasteiger partial charge in [0.15, 0.2) is 0 Å². The third kappa shape index (κ3) is 2.76. The Balaban J connectivity index is 2.38. The summed E-state index contributed by atoms with van der Waals surface area (Å²) in [4.78, 5) is 11.5. The van der Waals surface area contributed by atoms with E-state index in [0.717, 1.165) is 0 Å². The minimum absolute atomic E-state index is 0.221. The molecule has 19 heavy (non-hydrogen) atoms. The van der Waals surface area contributed by atoms with Gasteiger partial charge in [-0.05, 0) is 28.9 Å². The number of hydrogen-bond acceptors (Lipinski definition) is 4. The first-order chi connectivity index (χ1) is 9.02. The molecule has 1 aromatic carbocycles. The summed E-state index contributed by atoms with van der Waals surface area (Å²) in [6.45, 7) is 2.01. The molecule has 0 aliphatic rings. The molecule has 7 heteroatoms. The second-order valence-electron chi connectivity index (χ2n) is 3.72. The van der Waals surface area contributed by atoms with Gasteiger partial charge in [-0.25, -0.2) is 13.9 Å². The van der Waals surface area contributed by atoms with Crippen molar-refractivity contribution < 1.29 is 13.9 Å². The molecular formula is C12H11BrFN3O2. The molecule has 0 aliphatic carbocycles. The summed E-state index contributed by atoms with van der Waals surface area (Å²) in [7, 11) is 0. The Labute approximate surface area is 117 Å². The zero-order chi connectivity index (χ0) is 14.0. The van der Waals surface area contributed by atoms with Crippen LogP contribution in [0.1, 0.15) is 17.3 Å². The molecule has 2 aromatic rings. The van der Waals surface area contributed by atoms with E-state index in [1.807, 2.05) is 0 Å². The third-order valence-corrected chi connectivity index (χ3v) is 3.02. The van der Waals surface area contributed by atoms with Crippen molar-refractivity contribution >= 4 is 27.6 Å². The van der Waals surface area contributed by atoms with Crippen molar-refractivity contribution in [1.29, 1.82) is 0 Å². The highest BCUT2D eigenvalue weighted by Crippen LogP contribution is 2.25. The largest absolute Gasteiger partial charge is 0.462 e. The summed E-state index contributed by atoms with van der Waals surface area (Å²) < 4.78 is 19.8. The quantitative estimate of drug-likeness (QED) is 0.694. The second-order valence-corrected chi connectivity index (χ2v) is 4.57. The van der Waals surface area contributed by atoms with Gasteiger partial charge in [-0.3, -0.25) is 0 Å². The molecule has 100 valence electrons. The molecule has 0 bridgehead atoms. The number of carbonyl (C=O) groups is 1. The fourth-order valence-corrected chi connectivity index (χ4v) is 1.86. The summed E-state index contributed by atoms with van der Waals surface area (Å²) in [5.41, 5.74) is 6.73. The molecule has 2 rings (SSSR count). The Morgan fingerprint density at radius 3 is 3.00 bits per heavy atom. The van der Waals surface area contributed by atoms with E-state index in [1.165, 1.54) is 29.2 Å². The van der Waals surface area contributed by atoms with Crippen LogP contribution in [0.3, 0.4) is 0 Å². The van der Waals surface area contributed by atoms with Crippen molar-refractivity contribution in [1.82, 2.24) is 9.78 Å². The molecule has 1 heterocycles. The van der Waals surface area contributed by atoms with Crippen molar-refractivity contribution in [3.8, 4) is 5.69 Å². The van der Waals surface area contributed by atoms with E-state index >= 15 is 0 Å². The first-order valence-corrected chi connectivity index (χ1v) is 6.29. The Kier molecular flexibility index (Phi) is 3.84. The monoisotopic (exact) mass is 327 g/mol. The van der Waals surface area contributed by atoms with E-state index in [2.05, 4.69) is 21.0 Å². The van der Waals surface area contributed by atoms with Gasteiger partial charge in [-0.2, -0.15) is 5.10 Å². The number of carbonyl (C=O) groups excluding carboxylic acids is 1. The highest BCUT2D eigenvalue weighted by molar-refractivity contribution is 9.10. The lowest BCUT2D eigenvalue weighted by Crippen LogP contribution is -2.04. The number of ether oxygens (including phenoxy) is 1.